The van der Waals surface area contributed by atoms with E-state index in [9.17, 15) is 0 Å². The number of rotatable bonds is 1. The molecule has 2 rings (SSSR count). The number of nitrogens with two attached hydrogens (primary N) is 1. The van der Waals surface area contributed by atoms with Crippen molar-refractivity contribution in [3.63, 3.8) is 0 Å². The van der Waals surface area contributed by atoms with Gasteiger partial charge in [0.05, 0.1) is 5.02 Å². The summed E-state index contributed by atoms with van der Waals surface area (Å²) in [4.78, 5) is 0. The fourth-order valence-electron chi connectivity index (χ4n) is 1.37. The van der Waals surface area contributed by atoms with Crippen LogP contribution in [-0.4, -0.2) is 10.2 Å². The van der Waals surface area contributed by atoms with Gasteiger partial charge in [-0.2, -0.15) is 5.10 Å². The maximum atomic E-state index is 6.02. The summed E-state index contributed by atoms with van der Waals surface area (Å²) < 4.78 is 0. The number of H-pyrrole nitrogens is 1. The number of hydrogen-bond donors (Lipinski definition) is 2. The minimum Gasteiger partial charge on any atom is -0.326 e. The average Bonchev–Trinajstić information content (AvgIpc) is 2.48. The van der Waals surface area contributed by atoms with Gasteiger partial charge >= 0.3 is 0 Å². The molecule has 0 radical (unpaired) electrons. The summed E-state index contributed by atoms with van der Waals surface area (Å²) in [5.41, 5.74) is 8.41. The Kier molecular flexibility index (Phi) is 1.98. The van der Waals surface area contributed by atoms with Crippen molar-refractivity contribution in [3.8, 4) is 0 Å². The lowest BCUT2D eigenvalue weighted by Crippen LogP contribution is -1.95. The van der Waals surface area contributed by atoms with E-state index in [1.807, 2.05) is 19.1 Å². The molecular formula is C9H10ClN3. The standard InChI is InChI=1S/C9H10ClN3/c1-5-7-2-6(4-11)3-8(10)9(7)13-12-5/h2-3H,4,11H2,1H3,(H,12,13). The molecule has 1 heterocycles. The van der Waals surface area contributed by atoms with Gasteiger partial charge in [0.25, 0.3) is 0 Å². The molecule has 2 aromatic rings. The molecule has 0 saturated carbocycles. The molecule has 0 saturated heterocycles. The number of aryl methyl sites for hydroxylation is 1. The minimum atomic E-state index is 0.500. The van der Waals surface area contributed by atoms with Crippen LogP contribution in [0.25, 0.3) is 10.9 Å². The third kappa shape index (κ3) is 1.30. The van der Waals surface area contributed by atoms with Gasteiger partial charge in [0, 0.05) is 17.6 Å². The Balaban J connectivity index is 2.80. The van der Waals surface area contributed by atoms with Gasteiger partial charge in [-0.25, -0.2) is 0 Å². The highest BCUT2D eigenvalue weighted by atomic mass is 35.5. The van der Waals surface area contributed by atoms with Crippen LogP contribution in [0, 0.1) is 6.92 Å². The number of aromatic nitrogens is 2. The van der Waals surface area contributed by atoms with Crippen molar-refractivity contribution in [2.24, 2.45) is 5.73 Å². The van der Waals surface area contributed by atoms with E-state index in [2.05, 4.69) is 10.2 Å². The lowest BCUT2D eigenvalue weighted by atomic mass is 10.1. The van der Waals surface area contributed by atoms with Gasteiger partial charge in [-0.3, -0.25) is 5.10 Å². The molecule has 4 heteroatoms. The van der Waals surface area contributed by atoms with Crippen LogP contribution in [0.3, 0.4) is 0 Å². The van der Waals surface area contributed by atoms with Crippen LogP contribution >= 0.6 is 11.6 Å². The number of aromatic amines is 1. The highest BCUT2D eigenvalue weighted by Crippen LogP contribution is 2.25. The third-order valence-corrected chi connectivity index (χ3v) is 2.39. The van der Waals surface area contributed by atoms with Crippen molar-refractivity contribution < 1.29 is 0 Å². The van der Waals surface area contributed by atoms with E-state index in [-0.39, 0.29) is 0 Å². The number of nitrogens with zero attached hydrogens (tertiary/aromatic N) is 1. The molecule has 0 bridgehead atoms. The molecule has 68 valence electrons. The summed E-state index contributed by atoms with van der Waals surface area (Å²) in [6.07, 6.45) is 0. The SMILES string of the molecule is Cc1[nH]nc2c(Cl)cc(CN)cc12. The first kappa shape index (κ1) is 8.53. The van der Waals surface area contributed by atoms with Crippen molar-refractivity contribution in [1.29, 1.82) is 0 Å². The second kappa shape index (κ2) is 3.01. The molecule has 0 fully saturated rings. The van der Waals surface area contributed by atoms with Crippen molar-refractivity contribution in [2.45, 2.75) is 13.5 Å². The van der Waals surface area contributed by atoms with Crippen LogP contribution in [0.15, 0.2) is 12.1 Å². The van der Waals surface area contributed by atoms with Gasteiger partial charge < -0.3 is 5.73 Å². The summed E-state index contributed by atoms with van der Waals surface area (Å²) in [5, 5.41) is 8.69. The molecule has 3 nitrogen and oxygen atoms in total. The second-order valence-electron chi connectivity index (χ2n) is 3.03. The Bertz CT molecular complexity index is 447. The molecule has 0 amide bonds. The van der Waals surface area contributed by atoms with Gasteiger partial charge in [0.2, 0.25) is 0 Å². The summed E-state index contributed by atoms with van der Waals surface area (Å²) in [6.45, 7) is 2.46. The molecule has 0 spiro atoms. The van der Waals surface area contributed by atoms with Gasteiger partial charge in [-0.05, 0) is 24.6 Å². The molecule has 1 aromatic heterocycles. The Labute approximate surface area is 80.9 Å². The first-order valence-corrected chi connectivity index (χ1v) is 4.43. The van der Waals surface area contributed by atoms with E-state index in [0.717, 1.165) is 22.2 Å². The van der Waals surface area contributed by atoms with E-state index in [4.69, 9.17) is 17.3 Å². The molecular weight excluding hydrogens is 186 g/mol. The molecule has 0 aliphatic rings. The number of halogens is 1. The van der Waals surface area contributed by atoms with Crippen molar-refractivity contribution >= 4 is 22.5 Å². The van der Waals surface area contributed by atoms with E-state index >= 15 is 0 Å². The van der Waals surface area contributed by atoms with Gasteiger partial charge in [-0.1, -0.05) is 11.6 Å². The molecule has 0 aliphatic heterocycles. The number of fused-ring (bicyclic) bond motifs is 1. The molecule has 13 heavy (non-hydrogen) atoms. The van der Waals surface area contributed by atoms with Crippen LogP contribution in [0.5, 0.6) is 0 Å². The maximum Gasteiger partial charge on any atom is 0.111 e. The number of nitrogens with one attached hydrogen (secondary N) is 1. The van der Waals surface area contributed by atoms with Crippen LogP contribution in [0.2, 0.25) is 5.02 Å². The summed E-state index contributed by atoms with van der Waals surface area (Å²) in [6, 6.07) is 3.87. The Morgan fingerprint density at radius 2 is 2.31 bits per heavy atom. The smallest absolute Gasteiger partial charge is 0.111 e. The topological polar surface area (TPSA) is 54.7 Å². The van der Waals surface area contributed by atoms with Gasteiger partial charge in [-0.15, -0.1) is 0 Å². The van der Waals surface area contributed by atoms with Crippen molar-refractivity contribution in [1.82, 2.24) is 10.2 Å². The zero-order chi connectivity index (χ0) is 9.42. The first-order chi connectivity index (χ1) is 6.22. The Morgan fingerprint density at radius 3 is 3.00 bits per heavy atom. The van der Waals surface area contributed by atoms with E-state index in [1.165, 1.54) is 0 Å². The molecule has 3 N–H and O–H groups in total. The summed E-state index contributed by atoms with van der Waals surface area (Å²) in [5.74, 6) is 0. The fourth-order valence-corrected chi connectivity index (χ4v) is 1.66. The fraction of sp³-hybridized carbons (Fsp3) is 0.222. The van der Waals surface area contributed by atoms with Crippen molar-refractivity contribution in [3.05, 3.63) is 28.4 Å². The first-order valence-electron chi connectivity index (χ1n) is 4.05. The largest absolute Gasteiger partial charge is 0.326 e. The van der Waals surface area contributed by atoms with E-state index < -0.39 is 0 Å². The number of benzene rings is 1. The van der Waals surface area contributed by atoms with Crippen LogP contribution in [0.4, 0.5) is 0 Å². The highest BCUT2D eigenvalue weighted by molar-refractivity contribution is 6.35. The van der Waals surface area contributed by atoms with Crippen LogP contribution in [-0.2, 0) is 6.54 Å². The normalized spacial score (nSPS) is 11.0. The third-order valence-electron chi connectivity index (χ3n) is 2.10. The monoisotopic (exact) mass is 195 g/mol. The van der Waals surface area contributed by atoms with Gasteiger partial charge in [0.1, 0.15) is 5.52 Å². The zero-order valence-electron chi connectivity index (χ0n) is 7.26. The zero-order valence-corrected chi connectivity index (χ0v) is 8.02. The number of hydrogen-bond acceptors (Lipinski definition) is 2. The van der Waals surface area contributed by atoms with E-state index in [0.29, 0.717) is 11.6 Å². The minimum absolute atomic E-state index is 0.500. The predicted molar refractivity (Wildman–Crippen MR) is 53.7 cm³/mol. The highest BCUT2D eigenvalue weighted by Gasteiger charge is 2.06. The quantitative estimate of drug-likeness (QED) is 0.731. The van der Waals surface area contributed by atoms with Gasteiger partial charge in [0.15, 0.2) is 0 Å². The lowest BCUT2D eigenvalue weighted by molar-refractivity contribution is 1.07. The lowest BCUT2D eigenvalue weighted by Gasteiger charge is -1.98. The predicted octanol–water partition coefficient (Wildman–Crippen LogP) is 1.98. The Morgan fingerprint density at radius 1 is 1.54 bits per heavy atom. The summed E-state index contributed by atoms with van der Waals surface area (Å²) in [7, 11) is 0. The Hall–Kier alpha value is -1.06. The maximum absolute atomic E-state index is 6.02. The van der Waals surface area contributed by atoms with Crippen molar-refractivity contribution in [2.75, 3.05) is 0 Å². The summed E-state index contributed by atoms with van der Waals surface area (Å²) >= 11 is 6.02. The second-order valence-corrected chi connectivity index (χ2v) is 3.43. The van der Waals surface area contributed by atoms with E-state index in [1.54, 1.807) is 0 Å². The van der Waals surface area contributed by atoms with Crippen LogP contribution in [0.1, 0.15) is 11.3 Å². The average molecular weight is 196 g/mol. The molecule has 0 aliphatic carbocycles. The molecule has 0 unspecified atom stereocenters. The molecule has 0 atom stereocenters. The van der Waals surface area contributed by atoms with Crippen LogP contribution < -0.4 is 5.73 Å². The molecule has 1 aromatic carbocycles.